The van der Waals surface area contributed by atoms with Gasteiger partial charge in [-0.2, -0.15) is 0 Å². The van der Waals surface area contributed by atoms with Gasteiger partial charge in [-0.15, -0.1) is 0 Å². The molecule has 3 heterocycles. The zero-order chi connectivity index (χ0) is 15.8. The number of hydrogen-bond donors (Lipinski definition) is 1. The molecule has 5 nitrogen and oxygen atoms in total. The Morgan fingerprint density at radius 3 is 2.74 bits per heavy atom. The SMILES string of the molecule is O=C(O)c1ccc(-c2nn(Cc3ccccc3)c3cc[se]c23)o1. The van der Waals surface area contributed by atoms with E-state index < -0.39 is 5.97 Å². The van der Waals surface area contributed by atoms with Gasteiger partial charge in [0, 0.05) is 0 Å². The van der Waals surface area contributed by atoms with Crippen molar-refractivity contribution in [3.05, 3.63) is 64.8 Å². The molecule has 114 valence electrons. The van der Waals surface area contributed by atoms with Gasteiger partial charge >= 0.3 is 137 Å². The van der Waals surface area contributed by atoms with Gasteiger partial charge in [0.1, 0.15) is 0 Å². The van der Waals surface area contributed by atoms with Gasteiger partial charge in [0.15, 0.2) is 0 Å². The Balaban J connectivity index is 1.79. The van der Waals surface area contributed by atoms with E-state index >= 15 is 0 Å². The maximum absolute atomic E-state index is 11.0. The summed E-state index contributed by atoms with van der Waals surface area (Å²) in [5.41, 5.74) is 2.99. The summed E-state index contributed by atoms with van der Waals surface area (Å²) < 4.78 is 8.52. The third-order valence-corrected chi connectivity index (χ3v) is 5.49. The predicted octanol–water partition coefficient (Wildman–Crippen LogP) is 3.10. The van der Waals surface area contributed by atoms with Crippen molar-refractivity contribution in [2.75, 3.05) is 0 Å². The molecule has 3 aromatic heterocycles. The molecular formula is C17H12N2O3Se. The van der Waals surface area contributed by atoms with E-state index in [1.807, 2.05) is 22.9 Å². The number of rotatable bonds is 4. The van der Waals surface area contributed by atoms with E-state index in [9.17, 15) is 4.79 Å². The first-order valence-corrected chi connectivity index (χ1v) is 8.88. The van der Waals surface area contributed by atoms with E-state index in [4.69, 9.17) is 9.52 Å². The van der Waals surface area contributed by atoms with Crippen molar-refractivity contribution in [1.29, 1.82) is 0 Å². The van der Waals surface area contributed by atoms with Crippen LogP contribution in [0.15, 0.2) is 57.9 Å². The van der Waals surface area contributed by atoms with Crippen LogP contribution in [0.25, 0.3) is 21.2 Å². The topological polar surface area (TPSA) is 68.3 Å². The third-order valence-electron chi connectivity index (χ3n) is 3.58. The number of aromatic nitrogens is 2. The zero-order valence-corrected chi connectivity index (χ0v) is 13.7. The van der Waals surface area contributed by atoms with Crippen molar-refractivity contribution in [2.24, 2.45) is 0 Å². The number of carbonyl (C=O) groups is 1. The Bertz CT molecular complexity index is 982. The molecule has 0 unspecified atom stereocenters. The molecule has 0 fully saturated rings. The second kappa shape index (κ2) is 5.57. The molecule has 4 aromatic rings. The molecule has 0 aliphatic carbocycles. The van der Waals surface area contributed by atoms with Gasteiger partial charge in [-0.3, -0.25) is 0 Å². The van der Waals surface area contributed by atoms with Crippen LogP contribution in [0.1, 0.15) is 16.1 Å². The fourth-order valence-electron chi connectivity index (χ4n) is 2.52. The molecule has 1 N–H and O–H groups in total. The molecule has 0 aliphatic rings. The Labute approximate surface area is 137 Å². The Hall–Kier alpha value is -2.56. The van der Waals surface area contributed by atoms with Crippen LogP contribution >= 0.6 is 0 Å². The first-order valence-electron chi connectivity index (χ1n) is 7.04. The van der Waals surface area contributed by atoms with Gasteiger partial charge < -0.3 is 0 Å². The van der Waals surface area contributed by atoms with Crippen LogP contribution in [0, 0.1) is 0 Å². The molecule has 0 spiro atoms. The van der Waals surface area contributed by atoms with Gasteiger partial charge in [0.05, 0.1) is 0 Å². The molecule has 0 radical (unpaired) electrons. The van der Waals surface area contributed by atoms with Gasteiger partial charge in [-0.25, -0.2) is 0 Å². The number of hydrogen-bond acceptors (Lipinski definition) is 3. The minimum absolute atomic E-state index is 0.0650. The molecule has 1 aromatic carbocycles. The van der Waals surface area contributed by atoms with Gasteiger partial charge in [0.2, 0.25) is 0 Å². The van der Waals surface area contributed by atoms with Crippen molar-refractivity contribution >= 4 is 30.2 Å². The molecule has 0 aliphatic heterocycles. The van der Waals surface area contributed by atoms with E-state index in [0.29, 0.717) is 12.3 Å². The number of carboxylic acid groups (broad SMARTS) is 1. The van der Waals surface area contributed by atoms with Gasteiger partial charge in [-0.1, -0.05) is 0 Å². The summed E-state index contributed by atoms with van der Waals surface area (Å²) in [7, 11) is 0. The van der Waals surface area contributed by atoms with E-state index in [0.717, 1.165) is 15.5 Å². The molecule has 0 saturated carbocycles. The van der Waals surface area contributed by atoms with Crippen molar-refractivity contribution in [3.63, 3.8) is 0 Å². The number of carboxylic acids is 1. The summed E-state index contributed by atoms with van der Waals surface area (Å²) >= 11 is 0.190. The third kappa shape index (κ3) is 2.52. The predicted molar refractivity (Wildman–Crippen MR) is 86.9 cm³/mol. The minimum atomic E-state index is -1.07. The van der Waals surface area contributed by atoms with Crippen LogP contribution in [0.3, 0.4) is 0 Å². The van der Waals surface area contributed by atoms with Crippen LogP contribution in [0.4, 0.5) is 0 Å². The van der Waals surface area contributed by atoms with Gasteiger partial charge in [-0.05, 0) is 0 Å². The summed E-state index contributed by atoms with van der Waals surface area (Å²) in [6.07, 6.45) is 0. The molecule has 4 rings (SSSR count). The number of fused-ring (bicyclic) bond motifs is 1. The molecule has 0 bridgehead atoms. The summed E-state index contributed by atoms with van der Waals surface area (Å²) in [5.74, 6) is -0.624. The van der Waals surface area contributed by atoms with Crippen molar-refractivity contribution in [3.8, 4) is 11.5 Å². The van der Waals surface area contributed by atoms with Crippen LogP contribution in [0.2, 0.25) is 0 Å². The molecule has 23 heavy (non-hydrogen) atoms. The average molecular weight is 371 g/mol. The monoisotopic (exact) mass is 372 g/mol. The zero-order valence-electron chi connectivity index (χ0n) is 12.0. The maximum atomic E-state index is 11.0. The first kappa shape index (κ1) is 14.1. The quantitative estimate of drug-likeness (QED) is 0.560. The van der Waals surface area contributed by atoms with Gasteiger partial charge in [0.25, 0.3) is 0 Å². The van der Waals surface area contributed by atoms with E-state index in [2.05, 4.69) is 28.2 Å². The van der Waals surface area contributed by atoms with E-state index in [1.54, 1.807) is 6.07 Å². The Kier molecular flexibility index (Phi) is 3.41. The van der Waals surface area contributed by atoms with Crippen molar-refractivity contribution in [1.82, 2.24) is 9.78 Å². The second-order valence-corrected chi connectivity index (χ2v) is 7.02. The number of aromatic carboxylic acids is 1. The molecule has 6 heteroatoms. The molecule has 0 saturated heterocycles. The fourth-order valence-corrected chi connectivity index (χ4v) is 4.37. The van der Waals surface area contributed by atoms with Crippen molar-refractivity contribution < 1.29 is 14.3 Å². The Morgan fingerprint density at radius 2 is 2.00 bits per heavy atom. The first-order chi connectivity index (χ1) is 11.2. The molecule has 0 atom stereocenters. The van der Waals surface area contributed by atoms with Crippen LogP contribution in [0.5, 0.6) is 0 Å². The van der Waals surface area contributed by atoms with Crippen LogP contribution < -0.4 is 0 Å². The number of furan rings is 1. The summed E-state index contributed by atoms with van der Waals surface area (Å²) in [5, 5.41) is 13.7. The Morgan fingerprint density at radius 1 is 1.17 bits per heavy atom. The average Bonchev–Trinajstić information content (AvgIpc) is 3.25. The molecule has 0 amide bonds. The number of nitrogens with zero attached hydrogens (tertiary/aromatic N) is 2. The summed E-state index contributed by atoms with van der Waals surface area (Å²) in [4.78, 5) is 13.1. The van der Waals surface area contributed by atoms with Crippen molar-refractivity contribution in [2.45, 2.75) is 6.54 Å². The van der Waals surface area contributed by atoms with E-state index in [-0.39, 0.29) is 20.3 Å². The van der Waals surface area contributed by atoms with E-state index in [1.165, 1.54) is 11.6 Å². The normalized spacial score (nSPS) is 11.1. The van der Waals surface area contributed by atoms with Crippen LogP contribution in [-0.4, -0.2) is 35.4 Å². The number of benzene rings is 1. The second-order valence-electron chi connectivity index (χ2n) is 5.10. The summed E-state index contributed by atoms with van der Waals surface area (Å²) in [6, 6.07) is 15.3. The standard InChI is InChI=1S/C17H12N2O3Se/c20-17(21)14-7-6-13(22-14)15-16-12(8-9-23-16)19(18-15)10-11-4-2-1-3-5-11/h1-9H,10H2,(H,20,21). The molecular weight excluding hydrogens is 359 g/mol. The fraction of sp³-hybridized carbons (Fsp3) is 0.0588. The van der Waals surface area contributed by atoms with Crippen LogP contribution in [-0.2, 0) is 6.54 Å². The summed E-state index contributed by atoms with van der Waals surface area (Å²) in [6.45, 7) is 0.677.